The van der Waals surface area contributed by atoms with Gasteiger partial charge in [-0.3, -0.25) is 9.59 Å². The molecule has 3 rings (SSSR count). The van der Waals surface area contributed by atoms with E-state index in [-0.39, 0.29) is 6.42 Å². The quantitative estimate of drug-likeness (QED) is 0.512. The number of anilines is 2. The van der Waals surface area contributed by atoms with E-state index in [1.165, 1.54) is 5.56 Å². The molecule has 7 nitrogen and oxygen atoms in total. The molecule has 1 aliphatic heterocycles. The lowest BCUT2D eigenvalue weighted by Crippen LogP contribution is -2.22. The summed E-state index contributed by atoms with van der Waals surface area (Å²) in [6.07, 6.45) is 8.21. The molecule has 0 spiro atoms. The summed E-state index contributed by atoms with van der Waals surface area (Å²) < 4.78 is 1.03. The molecule has 1 aliphatic rings. The third-order valence-corrected chi connectivity index (χ3v) is 5.17. The maximum atomic E-state index is 11.0. The van der Waals surface area contributed by atoms with Gasteiger partial charge in [-0.05, 0) is 42.5 Å². The minimum Gasteiger partial charge on any atom is -0.481 e. The summed E-state index contributed by atoms with van der Waals surface area (Å²) in [7, 11) is 0. The van der Waals surface area contributed by atoms with Crippen LogP contribution in [0.25, 0.3) is 0 Å². The Bertz CT molecular complexity index is 872. The van der Waals surface area contributed by atoms with Crippen LogP contribution >= 0.6 is 15.9 Å². The molecule has 0 saturated heterocycles. The van der Waals surface area contributed by atoms with Crippen molar-refractivity contribution in [3.63, 3.8) is 0 Å². The number of hydrogen-bond donors (Lipinski definition) is 2. The van der Waals surface area contributed by atoms with Gasteiger partial charge in [-0.25, -0.2) is 9.97 Å². The van der Waals surface area contributed by atoms with Gasteiger partial charge >= 0.3 is 11.9 Å². The molecule has 0 fully saturated rings. The number of hydrogen-bond acceptors (Lipinski definition) is 5. The molecule has 0 radical (unpaired) electrons. The molecule has 27 heavy (non-hydrogen) atoms. The maximum absolute atomic E-state index is 11.0. The summed E-state index contributed by atoms with van der Waals surface area (Å²) in [5, 5.41) is 17.9. The average Bonchev–Trinajstić information content (AvgIpc) is 3.09. The number of allylic oxidation sites excluding steroid dienone is 2. The molecule has 2 aromatic rings. The Morgan fingerprint density at radius 2 is 1.89 bits per heavy atom. The Morgan fingerprint density at radius 3 is 2.56 bits per heavy atom. The first-order chi connectivity index (χ1) is 13.0. The van der Waals surface area contributed by atoms with Crippen molar-refractivity contribution < 1.29 is 19.8 Å². The van der Waals surface area contributed by atoms with Crippen molar-refractivity contribution in [3.8, 4) is 0 Å². The summed E-state index contributed by atoms with van der Waals surface area (Å²) >= 11 is 3.60. The van der Waals surface area contributed by atoms with Crippen LogP contribution in [0.15, 0.2) is 47.2 Å². The van der Waals surface area contributed by atoms with Gasteiger partial charge in [0.05, 0.1) is 5.69 Å². The second-order valence-electron chi connectivity index (χ2n) is 6.12. The fourth-order valence-electron chi connectivity index (χ4n) is 3.11. The molecule has 2 heterocycles. The first kappa shape index (κ1) is 19.0. The summed E-state index contributed by atoms with van der Waals surface area (Å²) in [5.41, 5.74) is 3.28. The number of carbonyl (C=O) groups is 2. The van der Waals surface area contributed by atoms with E-state index in [4.69, 9.17) is 10.2 Å². The topological polar surface area (TPSA) is 104 Å². The first-order valence-corrected chi connectivity index (χ1v) is 9.23. The molecule has 0 unspecified atom stereocenters. The Labute approximate surface area is 164 Å². The maximum Gasteiger partial charge on any atom is 0.318 e. The molecule has 0 atom stereocenters. The normalized spacial score (nSPS) is 13.3. The lowest BCUT2D eigenvalue weighted by molar-refractivity contribution is -0.154. The third-order valence-electron chi connectivity index (χ3n) is 4.43. The van der Waals surface area contributed by atoms with E-state index < -0.39 is 17.9 Å². The number of benzene rings is 1. The lowest BCUT2D eigenvalue weighted by Gasteiger charge is -2.20. The second-order valence-corrected chi connectivity index (χ2v) is 6.98. The van der Waals surface area contributed by atoms with Crippen LogP contribution in [0.4, 0.5) is 11.6 Å². The number of halogens is 1. The Balaban J connectivity index is 1.82. The standard InChI is InChI=1S/C19H18BrN3O4/c20-15-7-6-12(4-1-2-5-14(17(24)25)18(26)27)16-13(15)8-11-23(16)19-21-9-3-10-22-19/h1-3,6-7,9-10,14H,4-5,8,11H2,(H,24,25)(H,26,27)/b2-1+. The van der Waals surface area contributed by atoms with Crippen LogP contribution in [-0.2, 0) is 22.4 Å². The predicted molar refractivity (Wildman–Crippen MR) is 103 cm³/mol. The smallest absolute Gasteiger partial charge is 0.318 e. The van der Waals surface area contributed by atoms with Crippen molar-refractivity contribution in [1.29, 1.82) is 0 Å². The highest BCUT2D eigenvalue weighted by Crippen LogP contribution is 2.40. The summed E-state index contributed by atoms with van der Waals surface area (Å²) in [6.45, 7) is 0.777. The van der Waals surface area contributed by atoms with E-state index >= 15 is 0 Å². The fourth-order valence-corrected chi connectivity index (χ4v) is 3.63. The zero-order valence-electron chi connectivity index (χ0n) is 14.4. The Hall–Kier alpha value is -2.74. The lowest BCUT2D eigenvalue weighted by atomic mass is 10.0. The number of rotatable bonds is 7. The van der Waals surface area contributed by atoms with Gasteiger partial charge in [0.15, 0.2) is 5.92 Å². The van der Waals surface area contributed by atoms with Gasteiger partial charge in [-0.1, -0.05) is 34.1 Å². The highest BCUT2D eigenvalue weighted by Gasteiger charge is 2.27. The molecule has 1 aromatic heterocycles. The summed E-state index contributed by atoms with van der Waals surface area (Å²) in [5.74, 6) is -3.45. The van der Waals surface area contributed by atoms with Crippen LogP contribution in [0, 0.1) is 5.92 Å². The Morgan fingerprint density at radius 1 is 1.19 bits per heavy atom. The minimum absolute atomic E-state index is 0.0467. The van der Waals surface area contributed by atoms with Crippen molar-refractivity contribution in [3.05, 3.63) is 58.3 Å². The number of aliphatic carboxylic acids is 2. The molecule has 1 aromatic carbocycles. The van der Waals surface area contributed by atoms with Gasteiger partial charge in [0.25, 0.3) is 0 Å². The van der Waals surface area contributed by atoms with Crippen molar-refractivity contribution >= 4 is 39.5 Å². The number of fused-ring (bicyclic) bond motifs is 1. The van der Waals surface area contributed by atoms with E-state index in [1.54, 1.807) is 24.5 Å². The van der Waals surface area contributed by atoms with Crippen molar-refractivity contribution in [2.45, 2.75) is 19.3 Å². The van der Waals surface area contributed by atoms with Gasteiger partial charge in [0, 0.05) is 23.4 Å². The van der Waals surface area contributed by atoms with Gasteiger partial charge in [0.2, 0.25) is 5.95 Å². The van der Waals surface area contributed by atoms with Gasteiger partial charge in [-0.2, -0.15) is 0 Å². The van der Waals surface area contributed by atoms with Crippen molar-refractivity contribution in [2.24, 2.45) is 5.92 Å². The number of aromatic nitrogens is 2. The highest BCUT2D eigenvalue weighted by molar-refractivity contribution is 9.10. The monoisotopic (exact) mass is 431 g/mol. The number of carboxylic acids is 2. The van der Waals surface area contributed by atoms with Crippen LogP contribution in [0.2, 0.25) is 0 Å². The van der Waals surface area contributed by atoms with E-state index in [0.717, 1.165) is 28.7 Å². The first-order valence-electron chi connectivity index (χ1n) is 8.44. The van der Waals surface area contributed by atoms with Crippen LogP contribution in [-0.4, -0.2) is 38.7 Å². The van der Waals surface area contributed by atoms with Gasteiger partial charge in [-0.15, -0.1) is 0 Å². The van der Waals surface area contributed by atoms with Crippen LogP contribution in [0.5, 0.6) is 0 Å². The van der Waals surface area contributed by atoms with E-state index in [2.05, 4.69) is 30.8 Å². The molecular weight excluding hydrogens is 414 g/mol. The van der Waals surface area contributed by atoms with Gasteiger partial charge in [0.1, 0.15) is 0 Å². The molecule has 0 saturated carbocycles. The Kier molecular flexibility index (Phi) is 5.85. The molecule has 0 bridgehead atoms. The van der Waals surface area contributed by atoms with E-state index in [9.17, 15) is 9.59 Å². The van der Waals surface area contributed by atoms with Gasteiger partial charge < -0.3 is 15.1 Å². The SMILES string of the molecule is O=C(O)C(C/C=C/Cc1ccc(Br)c2c1N(c1ncccn1)CC2)C(=O)O. The minimum atomic E-state index is -1.42. The molecule has 140 valence electrons. The number of nitrogens with zero attached hydrogens (tertiary/aromatic N) is 3. The largest absolute Gasteiger partial charge is 0.481 e. The van der Waals surface area contributed by atoms with E-state index in [0.29, 0.717) is 12.4 Å². The molecule has 2 N–H and O–H groups in total. The molecular formula is C19H18BrN3O4. The average molecular weight is 432 g/mol. The zero-order valence-corrected chi connectivity index (χ0v) is 16.0. The second kappa shape index (κ2) is 8.30. The summed E-state index contributed by atoms with van der Waals surface area (Å²) in [6, 6.07) is 5.77. The van der Waals surface area contributed by atoms with Crippen LogP contribution in [0.3, 0.4) is 0 Å². The fraction of sp³-hybridized carbons (Fsp3) is 0.263. The number of carboxylic acid groups (broad SMARTS) is 2. The van der Waals surface area contributed by atoms with Crippen molar-refractivity contribution in [2.75, 3.05) is 11.4 Å². The van der Waals surface area contributed by atoms with E-state index in [1.807, 2.05) is 18.2 Å². The van der Waals surface area contributed by atoms with Crippen LogP contribution in [0.1, 0.15) is 17.5 Å². The van der Waals surface area contributed by atoms with Crippen molar-refractivity contribution in [1.82, 2.24) is 9.97 Å². The highest BCUT2D eigenvalue weighted by atomic mass is 79.9. The third kappa shape index (κ3) is 4.16. The van der Waals surface area contributed by atoms with Crippen LogP contribution < -0.4 is 4.90 Å². The molecule has 0 amide bonds. The molecule has 8 heteroatoms. The molecule has 0 aliphatic carbocycles. The predicted octanol–water partition coefficient (Wildman–Crippen LogP) is 3.21. The summed E-state index contributed by atoms with van der Waals surface area (Å²) in [4.78, 5) is 32.7. The zero-order chi connectivity index (χ0) is 19.4.